The van der Waals surface area contributed by atoms with Gasteiger partial charge in [-0.25, -0.2) is 0 Å². The van der Waals surface area contributed by atoms with Crippen LogP contribution in [0.3, 0.4) is 0 Å². The molecule has 0 aromatic carbocycles. The standard InChI is InChI=1S/C13H18ClN5O2/c1-2-15-12(20)9-18-5-7-19(8-6-18)13(21)10-3-4-11(14)17-16-10/h3-4H,2,5-9H2,1H3,(H,15,20). The van der Waals surface area contributed by atoms with Crippen LogP contribution in [0.25, 0.3) is 0 Å². The second kappa shape index (κ2) is 7.33. The first kappa shape index (κ1) is 15.7. The average Bonchev–Trinajstić information content (AvgIpc) is 2.48. The maximum absolute atomic E-state index is 12.2. The predicted octanol–water partition coefficient (Wildman–Crippen LogP) is 0.0239. The molecule has 1 aromatic heterocycles. The van der Waals surface area contributed by atoms with E-state index in [-0.39, 0.29) is 22.7 Å². The average molecular weight is 312 g/mol. The molecule has 1 aromatic rings. The summed E-state index contributed by atoms with van der Waals surface area (Å²) < 4.78 is 0. The van der Waals surface area contributed by atoms with E-state index in [4.69, 9.17) is 11.6 Å². The van der Waals surface area contributed by atoms with Crippen molar-refractivity contribution in [3.8, 4) is 0 Å². The smallest absolute Gasteiger partial charge is 0.274 e. The molecule has 0 spiro atoms. The minimum atomic E-state index is -0.156. The van der Waals surface area contributed by atoms with E-state index < -0.39 is 0 Å². The summed E-state index contributed by atoms with van der Waals surface area (Å²) in [6.45, 7) is 5.38. The Balaban J connectivity index is 1.84. The van der Waals surface area contributed by atoms with Crippen molar-refractivity contribution in [2.45, 2.75) is 6.92 Å². The summed E-state index contributed by atoms with van der Waals surface area (Å²) in [5.41, 5.74) is 0.288. The van der Waals surface area contributed by atoms with Crippen LogP contribution < -0.4 is 5.32 Å². The second-order valence-electron chi connectivity index (χ2n) is 4.76. The van der Waals surface area contributed by atoms with Gasteiger partial charge in [-0.1, -0.05) is 11.6 Å². The highest BCUT2D eigenvalue weighted by Gasteiger charge is 2.24. The molecular formula is C13H18ClN5O2. The third-order valence-electron chi connectivity index (χ3n) is 3.25. The Kier molecular flexibility index (Phi) is 5.46. The first-order valence-corrected chi connectivity index (χ1v) is 7.25. The lowest BCUT2D eigenvalue weighted by Gasteiger charge is -2.34. The van der Waals surface area contributed by atoms with E-state index in [1.54, 1.807) is 17.0 Å². The normalized spacial score (nSPS) is 15.8. The predicted molar refractivity (Wildman–Crippen MR) is 78.1 cm³/mol. The molecule has 7 nitrogen and oxygen atoms in total. The van der Waals surface area contributed by atoms with Crippen LogP contribution >= 0.6 is 11.6 Å². The van der Waals surface area contributed by atoms with Gasteiger partial charge in [0.1, 0.15) is 0 Å². The summed E-state index contributed by atoms with van der Waals surface area (Å²) in [5.74, 6) is -0.141. The third kappa shape index (κ3) is 4.37. The number of nitrogens with zero attached hydrogens (tertiary/aromatic N) is 4. The number of rotatable bonds is 4. The van der Waals surface area contributed by atoms with Gasteiger partial charge in [0.05, 0.1) is 6.54 Å². The van der Waals surface area contributed by atoms with Crippen LogP contribution in [0, 0.1) is 0 Å². The Morgan fingerprint density at radius 3 is 2.52 bits per heavy atom. The monoisotopic (exact) mass is 311 g/mol. The Hall–Kier alpha value is -1.73. The topological polar surface area (TPSA) is 78.4 Å². The van der Waals surface area contributed by atoms with Gasteiger partial charge >= 0.3 is 0 Å². The first-order chi connectivity index (χ1) is 10.1. The van der Waals surface area contributed by atoms with Crippen molar-refractivity contribution < 1.29 is 9.59 Å². The quantitative estimate of drug-likeness (QED) is 0.848. The molecule has 0 unspecified atom stereocenters. The van der Waals surface area contributed by atoms with Crippen LogP contribution in [0.5, 0.6) is 0 Å². The van der Waals surface area contributed by atoms with Gasteiger partial charge in [0.25, 0.3) is 5.91 Å². The van der Waals surface area contributed by atoms with Gasteiger partial charge in [0.15, 0.2) is 10.8 Å². The molecule has 2 heterocycles. The molecule has 0 saturated carbocycles. The molecule has 114 valence electrons. The highest BCUT2D eigenvalue weighted by Crippen LogP contribution is 2.08. The largest absolute Gasteiger partial charge is 0.355 e. The van der Waals surface area contributed by atoms with Crippen LogP contribution in [0.4, 0.5) is 0 Å². The maximum Gasteiger partial charge on any atom is 0.274 e. The number of aromatic nitrogens is 2. The van der Waals surface area contributed by atoms with Crippen molar-refractivity contribution in [1.82, 2.24) is 25.3 Å². The summed E-state index contributed by atoms with van der Waals surface area (Å²) in [6, 6.07) is 3.12. The van der Waals surface area contributed by atoms with Crippen LogP contribution in [0.1, 0.15) is 17.4 Å². The number of nitrogens with one attached hydrogen (secondary N) is 1. The van der Waals surface area contributed by atoms with Gasteiger partial charge in [-0.15, -0.1) is 10.2 Å². The lowest BCUT2D eigenvalue weighted by Crippen LogP contribution is -2.51. The Bertz CT molecular complexity index is 500. The summed E-state index contributed by atoms with van der Waals surface area (Å²) in [6.07, 6.45) is 0. The maximum atomic E-state index is 12.2. The molecule has 1 fully saturated rings. The molecule has 0 radical (unpaired) electrons. The van der Waals surface area contributed by atoms with E-state index in [1.807, 2.05) is 11.8 Å². The SMILES string of the molecule is CCNC(=O)CN1CCN(C(=O)c2ccc(Cl)nn2)CC1. The van der Waals surface area contributed by atoms with Crippen molar-refractivity contribution in [3.05, 3.63) is 23.0 Å². The van der Waals surface area contributed by atoms with Crippen molar-refractivity contribution in [3.63, 3.8) is 0 Å². The van der Waals surface area contributed by atoms with Crippen molar-refractivity contribution >= 4 is 23.4 Å². The van der Waals surface area contributed by atoms with E-state index in [0.717, 1.165) is 0 Å². The molecule has 1 N–H and O–H groups in total. The zero-order valence-corrected chi connectivity index (χ0v) is 12.6. The van der Waals surface area contributed by atoms with Gasteiger partial charge in [-0.3, -0.25) is 14.5 Å². The fourth-order valence-electron chi connectivity index (χ4n) is 2.16. The molecule has 1 aliphatic heterocycles. The number of hydrogen-bond donors (Lipinski definition) is 1. The Morgan fingerprint density at radius 2 is 1.95 bits per heavy atom. The molecule has 0 atom stereocenters. The van der Waals surface area contributed by atoms with E-state index in [9.17, 15) is 9.59 Å². The molecule has 1 aliphatic rings. The molecule has 0 bridgehead atoms. The van der Waals surface area contributed by atoms with Gasteiger partial charge in [-0.05, 0) is 19.1 Å². The zero-order valence-electron chi connectivity index (χ0n) is 11.9. The summed E-state index contributed by atoms with van der Waals surface area (Å²) >= 11 is 5.65. The van der Waals surface area contributed by atoms with Crippen LogP contribution in [0.2, 0.25) is 5.15 Å². The highest BCUT2D eigenvalue weighted by molar-refractivity contribution is 6.29. The molecule has 2 rings (SSSR count). The van der Waals surface area contributed by atoms with Gasteiger partial charge in [0, 0.05) is 32.7 Å². The van der Waals surface area contributed by atoms with E-state index in [2.05, 4.69) is 15.5 Å². The van der Waals surface area contributed by atoms with E-state index >= 15 is 0 Å². The van der Waals surface area contributed by atoms with Gasteiger partial charge in [0.2, 0.25) is 5.91 Å². The molecule has 2 amide bonds. The van der Waals surface area contributed by atoms with Crippen molar-refractivity contribution in [2.75, 3.05) is 39.3 Å². The van der Waals surface area contributed by atoms with Crippen LogP contribution in [0.15, 0.2) is 12.1 Å². The van der Waals surface area contributed by atoms with E-state index in [1.165, 1.54) is 0 Å². The minimum absolute atomic E-state index is 0.0147. The van der Waals surface area contributed by atoms with E-state index in [0.29, 0.717) is 39.3 Å². The second-order valence-corrected chi connectivity index (χ2v) is 5.15. The number of piperazine rings is 1. The number of likely N-dealkylation sites (N-methyl/N-ethyl adjacent to an activating group) is 1. The van der Waals surface area contributed by atoms with Gasteiger partial charge < -0.3 is 10.2 Å². The number of carbonyl (C=O) groups is 2. The fourth-order valence-corrected chi connectivity index (χ4v) is 2.26. The summed E-state index contributed by atoms with van der Waals surface area (Å²) in [7, 11) is 0. The highest BCUT2D eigenvalue weighted by atomic mass is 35.5. The molecule has 8 heteroatoms. The molecular weight excluding hydrogens is 294 g/mol. The lowest BCUT2D eigenvalue weighted by molar-refractivity contribution is -0.122. The minimum Gasteiger partial charge on any atom is -0.355 e. The zero-order chi connectivity index (χ0) is 15.2. The Labute approximate surface area is 128 Å². The number of halogens is 1. The van der Waals surface area contributed by atoms with Crippen molar-refractivity contribution in [1.29, 1.82) is 0 Å². The summed E-state index contributed by atoms with van der Waals surface area (Å²) in [5, 5.41) is 10.5. The fraction of sp³-hybridized carbons (Fsp3) is 0.538. The third-order valence-corrected chi connectivity index (χ3v) is 3.45. The number of hydrogen-bond acceptors (Lipinski definition) is 5. The van der Waals surface area contributed by atoms with Crippen LogP contribution in [-0.4, -0.2) is 71.1 Å². The molecule has 21 heavy (non-hydrogen) atoms. The Morgan fingerprint density at radius 1 is 1.24 bits per heavy atom. The first-order valence-electron chi connectivity index (χ1n) is 6.87. The number of carbonyl (C=O) groups excluding carboxylic acids is 2. The lowest BCUT2D eigenvalue weighted by atomic mass is 10.2. The van der Waals surface area contributed by atoms with Gasteiger partial charge in [-0.2, -0.15) is 0 Å². The summed E-state index contributed by atoms with van der Waals surface area (Å²) in [4.78, 5) is 27.5. The molecule has 1 saturated heterocycles. The van der Waals surface area contributed by atoms with Crippen molar-refractivity contribution in [2.24, 2.45) is 0 Å². The molecule has 0 aliphatic carbocycles. The number of amides is 2. The van der Waals surface area contributed by atoms with Crippen LogP contribution in [-0.2, 0) is 4.79 Å².